The van der Waals surface area contributed by atoms with Gasteiger partial charge in [-0.1, -0.05) is 42.5 Å². The highest BCUT2D eigenvalue weighted by molar-refractivity contribution is 7.18. The van der Waals surface area contributed by atoms with E-state index in [0.29, 0.717) is 18.7 Å². The Morgan fingerprint density at radius 1 is 1.16 bits per heavy atom. The molecule has 2 fully saturated rings. The topological polar surface area (TPSA) is 82.6 Å². The lowest BCUT2D eigenvalue weighted by molar-refractivity contribution is -0.139. The zero-order valence-corrected chi connectivity index (χ0v) is 18.6. The standard InChI is InChI=1S/C24H24N4O3S/c1-24(17-9-3-2-4-10-17)22(30)28(23(31)26-24)15-20(29)27-13-7-8-16(14-27)21-25-18-11-5-6-12-19(18)32-21/h2-6,9-12,16H,7-8,13-15H2,1H3,(H,26,31)/t16-,24-/m1/s1. The minimum atomic E-state index is -1.16. The fourth-order valence-corrected chi connectivity index (χ4v) is 5.61. The van der Waals surface area contributed by atoms with E-state index in [-0.39, 0.29) is 18.4 Å². The summed E-state index contributed by atoms with van der Waals surface area (Å²) in [6.45, 7) is 2.61. The Bertz CT molecular complexity index is 1160. The summed E-state index contributed by atoms with van der Waals surface area (Å²) in [6.07, 6.45) is 1.84. The van der Waals surface area contributed by atoms with Crippen LogP contribution in [0, 0.1) is 0 Å². The van der Waals surface area contributed by atoms with E-state index in [0.717, 1.165) is 33.0 Å². The number of carbonyl (C=O) groups is 3. The number of piperidine rings is 1. The van der Waals surface area contributed by atoms with E-state index in [9.17, 15) is 14.4 Å². The summed E-state index contributed by atoms with van der Waals surface area (Å²) in [5, 5.41) is 3.80. The average molecular weight is 449 g/mol. The molecule has 8 heteroatoms. The van der Waals surface area contributed by atoms with E-state index in [2.05, 4.69) is 11.4 Å². The first-order chi connectivity index (χ1) is 15.5. The molecule has 0 aliphatic carbocycles. The van der Waals surface area contributed by atoms with Crippen LogP contribution in [0.5, 0.6) is 0 Å². The van der Waals surface area contributed by atoms with Crippen LogP contribution in [0.2, 0.25) is 0 Å². The summed E-state index contributed by atoms with van der Waals surface area (Å²) < 4.78 is 1.14. The molecular formula is C24H24N4O3S. The molecule has 1 N–H and O–H groups in total. The third-order valence-corrected chi connectivity index (χ3v) is 7.55. The Morgan fingerprint density at radius 3 is 2.69 bits per heavy atom. The first-order valence-electron chi connectivity index (χ1n) is 10.8. The molecule has 2 atom stereocenters. The van der Waals surface area contributed by atoms with Crippen LogP contribution >= 0.6 is 11.3 Å². The number of imide groups is 1. The molecule has 5 rings (SSSR count). The van der Waals surface area contributed by atoms with Gasteiger partial charge in [0.2, 0.25) is 5.91 Å². The molecule has 2 saturated heterocycles. The van der Waals surface area contributed by atoms with E-state index in [1.54, 1.807) is 35.3 Å². The third kappa shape index (κ3) is 3.54. The predicted octanol–water partition coefficient (Wildman–Crippen LogP) is 3.47. The van der Waals surface area contributed by atoms with Crippen molar-refractivity contribution in [2.45, 2.75) is 31.2 Å². The molecule has 7 nitrogen and oxygen atoms in total. The number of rotatable bonds is 4. The van der Waals surface area contributed by atoms with Crippen LogP contribution in [0.15, 0.2) is 54.6 Å². The number of nitrogens with one attached hydrogen (secondary N) is 1. The second-order valence-electron chi connectivity index (χ2n) is 8.51. The SMILES string of the molecule is C[C@]1(c2ccccc2)NC(=O)N(CC(=O)N2CCC[C@@H](c3nc4ccccc4s3)C2)C1=O. The van der Waals surface area contributed by atoms with E-state index in [4.69, 9.17) is 4.98 Å². The summed E-state index contributed by atoms with van der Waals surface area (Å²) in [5.41, 5.74) is 0.516. The van der Waals surface area contributed by atoms with Crippen molar-refractivity contribution >= 4 is 39.4 Å². The Balaban J connectivity index is 1.29. The summed E-state index contributed by atoms with van der Waals surface area (Å²) in [6, 6.07) is 16.6. The molecule has 32 heavy (non-hydrogen) atoms. The number of hydrogen-bond acceptors (Lipinski definition) is 5. The van der Waals surface area contributed by atoms with Gasteiger partial charge in [0.15, 0.2) is 0 Å². The van der Waals surface area contributed by atoms with E-state index in [1.165, 1.54) is 0 Å². The molecule has 0 saturated carbocycles. The number of amides is 4. The third-order valence-electron chi connectivity index (χ3n) is 6.35. The molecule has 2 aromatic carbocycles. The number of nitrogens with zero attached hydrogens (tertiary/aromatic N) is 3. The number of fused-ring (bicyclic) bond motifs is 1. The summed E-state index contributed by atoms with van der Waals surface area (Å²) in [7, 11) is 0. The fourth-order valence-electron chi connectivity index (χ4n) is 4.51. The number of aromatic nitrogens is 1. The van der Waals surface area contributed by atoms with Crippen molar-refractivity contribution in [2.75, 3.05) is 19.6 Å². The van der Waals surface area contributed by atoms with Gasteiger partial charge in [0.05, 0.1) is 15.2 Å². The van der Waals surface area contributed by atoms with Crippen LogP contribution in [0.3, 0.4) is 0 Å². The van der Waals surface area contributed by atoms with Crippen LogP contribution in [-0.2, 0) is 15.1 Å². The lowest BCUT2D eigenvalue weighted by Crippen LogP contribution is -2.47. The van der Waals surface area contributed by atoms with Crippen molar-refractivity contribution in [3.63, 3.8) is 0 Å². The Kier molecular flexibility index (Phi) is 5.17. The highest BCUT2D eigenvalue weighted by atomic mass is 32.1. The van der Waals surface area contributed by atoms with Crippen molar-refractivity contribution in [3.05, 3.63) is 65.2 Å². The van der Waals surface area contributed by atoms with Gasteiger partial charge >= 0.3 is 6.03 Å². The van der Waals surface area contributed by atoms with E-state index in [1.807, 2.05) is 36.4 Å². The molecule has 2 aliphatic rings. The van der Waals surface area contributed by atoms with Gasteiger partial charge in [0.25, 0.3) is 5.91 Å². The lowest BCUT2D eigenvalue weighted by atomic mass is 9.92. The zero-order valence-electron chi connectivity index (χ0n) is 17.8. The zero-order chi connectivity index (χ0) is 22.3. The maximum absolute atomic E-state index is 13.1. The minimum Gasteiger partial charge on any atom is -0.340 e. The van der Waals surface area contributed by atoms with Gasteiger partial charge in [0.1, 0.15) is 12.1 Å². The number of para-hydroxylation sites is 1. The smallest absolute Gasteiger partial charge is 0.325 e. The maximum atomic E-state index is 13.1. The predicted molar refractivity (Wildman–Crippen MR) is 122 cm³/mol. The monoisotopic (exact) mass is 448 g/mol. The van der Waals surface area contributed by atoms with Crippen molar-refractivity contribution < 1.29 is 14.4 Å². The summed E-state index contributed by atoms with van der Waals surface area (Å²) >= 11 is 1.67. The van der Waals surface area contributed by atoms with Crippen molar-refractivity contribution in [1.29, 1.82) is 0 Å². The van der Waals surface area contributed by atoms with Crippen LogP contribution < -0.4 is 5.32 Å². The molecule has 0 unspecified atom stereocenters. The van der Waals surface area contributed by atoms with Crippen LogP contribution in [0.1, 0.15) is 36.3 Å². The summed E-state index contributed by atoms with van der Waals surface area (Å²) in [5.74, 6) is -0.443. The molecule has 164 valence electrons. The molecule has 0 spiro atoms. The molecule has 3 aromatic rings. The van der Waals surface area contributed by atoms with Crippen molar-refractivity contribution in [2.24, 2.45) is 0 Å². The number of benzene rings is 2. The number of likely N-dealkylation sites (tertiary alicyclic amines) is 1. The van der Waals surface area contributed by atoms with Gasteiger partial charge in [-0.15, -0.1) is 11.3 Å². The normalized spacial score (nSPS) is 23.6. The van der Waals surface area contributed by atoms with Gasteiger partial charge < -0.3 is 10.2 Å². The highest BCUT2D eigenvalue weighted by Crippen LogP contribution is 2.33. The van der Waals surface area contributed by atoms with E-state index < -0.39 is 17.5 Å². The molecule has 3 heterocycles. The number of carbonyl (C=O) groups excluding carboxylic acids is 3. The molecule has 0 radical (unpaired) electrons. The minimum absolute atomic E-state index is 0.169. The second-order valence-corrected chi connectivity index (χ2v) is 9.57. The average Bonchev–Trinajstić information content (AvgIpc) is 3.35. The molecule has 2 aliphatic heterocycles. The van der Waals surface area contributed by atoms with Crippen LogP contribution in [-0.4, -0.2) is 52.3 Å². The fraction of sp³-hybridized carbons (Fsp3) is 0.333. The van der Waals surface area contributed by atoms with Crippen LogP contribution in [0.25, 0.3) is 10.2 Å². The van der Waals surface area contributed by atoms with E-state index >= 15 is 0 Å². The van der Waals surface area contributed by atoms with Gasteiger partial charge in [-0.3, -0.25) is 14.5 Å². The number of hydrogen-bond donors (Lipinski definition) is 1. The quantitative estimate of drug-likeness (QED) is 0.620. The largest absolute Gasteiger partial charge is 0.340 e. The molecule has 4 amide bonds. The first-order valence-corrected chi connectivity index (χ1v) is 11.6. The Labute approximate surface area is 190 Å². The molecule has 1 aromatic heterocycles. The number of thiazole rings is 1. The Morgan fingerprint density at radius 2 is 1.91 bits per heavy atom. The first kappa shape index (κ1) is 20.6. The van der Waals surface area contributed by atoms with Crippen molar-refractivity contribution in [1.82, 2.24) is 20.1 Å². The maximum Gasteiger partial charge on any atom is 0.325 e. The van der Waals surface area contributed by atoms with Gasteiger partial charge in [-0.2, -0.15) is 0 Å². The second kappa shape index (κ2) is 8.02. The lowest BCUT2D eigenvalue weighted by Gasteiger charge is -2.32. The van der Waals surface area contributed by atoms with Crippen molar-refractivity contribution in [3.8, 4) is 0 Å². The summed E-state index contributed by atoms with van der Waals surface area (Å²) in [4.78, 5) is 46.3. The van der Waals surface area contributed by atoms with Crippen LogP contribution in [0.4, 0.5) is 4.79 Å². The molecule has 0 bridgehead atoms. The molecular weight excluding hydrogens is 424 g/mol. The highest BCUT2D eigenvalue weighted by Gasteiger charge is 2.49. The van der Waals surface area contributed by atoms with Gasteiger partial charge in [-0.05, 0) is 37.5 Å². The van der Waals surface area contributed by atoms with Gasteiger partial charge in [0, 0.05) is 19.0 Å². The Hall–Kier alpha value is -3.26. The number of urea groups is 1. The van der Waals surface area contributed by atoms with Gasteiger partial charge in [-0.25, -0.2) is 9.78 Å².